The molecule has 10 aromatic rings. The molecule has 0 aliphatic rings. The molecular formula is C47H29N3O. The van der Waals surface area contributed by atoms with Gasteiger partial charge >= 0.3 is 0 Å². The third-order valence-corrected chi connectivity index (χ3v) is 9.71. The third-order valence-electron chi connectivity index (χ3n) is 9.71. The predicted molar refractivity (Wildman–Crippen MR) is 209 cm³/mol. The van der Waals surface area contributed by atoms with Gasteiger partial charge in [-0.25, -0.2) is 15.0 Å². The van der Waals surface area contributed by atoms with Crippen LogP contribution in [0.3, 0.4) is 0 Å². The minimum Gasteiger partial charge on any atom is -0.456 e. The first-order valence-electron chi connectivity index (χ1n) is 17.1. The second-order valence-corrected chi connectivity index (χ2v) is 12.8. The van der Waals surface area contributed by atoms with Crippen molar-refractivity contribution in [3.05, 3.63) is 176 Å². The van der Waals surface area contributed by atoms with Crippen LogP contribution in [0.25, 0.3) is 99.9 Å². The maximum absolute atomic E-state index is 6.23. The van der Waals surface area contributed by atoms with Crippen LogP contribution >= 0.6 is 0 Å². The Hall–Kier alpha value is -6.91. The highest BCUT2D eigenvalue weighted by Gasteiger charge is 2.17. The van der Waals surface area contributed by atoms with Gasteiger partial charge in [0.05, 0.1) is 0 Å². The van der Waals surface area contributed by atoms with E-state index in [1.807, 2.05) is 72.8 Å². The van der Waals surface area contributed by atoms with E-state index in [1.165, 1.54) is 16.2 Å². The monoisotopic (exact) mass is 651 g/mol. The number of rotatable bonds is 5. The summed E-state index contributed by atoms with van der Waals surface area (Å²) in [4.78, 5) is 15.0. The Balaban J connectivity index is 1.17. The highest BCUT2D eigenvalue weighted by molar-refractivity contribution is 6.17. The quantitative estimate of drug-likeness (QED) is 0.174. The maximum atomic E-state index is 6.23. The van der Waals surface area contributed by atoms with E-state index < -0.39 is 0 Å². The lowest BCUT2D eigenvalue weighted by molar-refractivity contribution is 0.669. The van der Waals surface area contributed by atoms with Crippen molar-refractivity contribution in [1.29, 1.82) is 0 Å². The summed E-state index contributed by atoms with van der Waals surface area (Å²) in [7, 11) is 0. The van der Waals surface area contributed by atoms with Crippen LogP contribution in [0.4, 0.5) is 0 Å². The van der Waals surface area contributed by atoms with Crippen LogP contribution in [0.5, 0.6) is 0 Å². The topological polar surface area (TPSA) is 51.8 Å². The van der Waals surface area contributed by atoms with Gasteiger partial charge in [0.1, 0.15) is 11.2 Å². The van der Waals surface area contributed by atoms with Crippen LogP contribution in [-0.4, -0.2) is 15.0 Å². The van der Waals surface area contributed by atoms with E-state index in [4.69, 9.17) is 19.4 Å². The van der Waals surface area contributed by atoms with Crippen molar-refractivity contribution in [3.63, 3.8) is 0 Å². The van der Waals surface area contributed by atoms with E-state index in [9.17, 15) is 0 Å². The van der Waals surface area contributed by atoms with Crippen LogP contribution in [0.2, 0.25) is 0 Å². The molecule has 0 radical (unpaired) electrons. The average Bonchev–Trinajstić information content (AvgIpc) is 3.58. The molecule has 0 unspecified atom stereocenters. The molecule has 0 aliphatic carbocycles. The van der Waals surface area contributed by atoms with Crippen LogP contribution < -0.4 is 0 Å². The average molecular weight is 652 g/mol. The molecule has 8 aromatic carbocycles. The van der Waals surface area contributed by atoms with Crippen molar-refractivity contribution in [3.8, 4) is 56.4 Å². The number of benzene rings is 8. The molecule has 2 aromatic heterocycles. The lowest BCUT2D eigenvalue weighted by Crippen LogP contribution is -2.00. The molecular weight excluding hydrogens is 623 g/mol. The second-order valence-electron chi connectivity index (χ2n) is 12.8. The molecule has 51 heavy (non-hydrogen) atoms. The van der Waals surface area contributed by atoms with E-state index >= 15 is 0 Å². The lowest BCUT2D eigenvalue weighted by atomic mass is 9.90. The standard InChI is InChI=1S/C47H29N3O/c1-4-12-30(13-5-1)39-27-36(47-49-45(32-14-6-2-7-15-32)48-46(50-47)33-16-8-3-9-17-33)24-25-37(39)34-22-20-31-21-23-35-28-44-42(29-41(35)40(31)26-34)38-18-10-11-19-43(38)51-44/h1-29H. The largest absolute Gasteiger partial charge is 0.456 e. The smallest absolute Gasteiger partial charge is 0.164 e. The van der Waals surface area contributed by atoms with Crippen molar-refractivity contribution >= 4 is 43.5 Å². The van der Waals surface area contributed by atoms with Crippen LogP contribution in [0.15, 0.2) is 180 Å². The fourth-order valence-electron chi connectivity index (χ4n) is 7.17. The first kappa shape index (κ1) is 29.0. The normalized spacial score (nSPS) is 11.5. The zero-order valence-electron chi connectivity index (χ0n) is 27.5. The van der Waals surface area contributed by atoms with Crippen molar-refractivity contribution in [2.24, 2.45) is 0 Å². The second kappa shape index (κ2) is 11.9. The zero-order chi connectivity index (χ0) is 33.7. The summed E-state index contributed by atoms with van der Waals surface area (Å²) in [6.45, 7) is 0. The van der Waals surface area contributed by atoms with Crippen molar-refractivity contribution in [2.75, 3.05) is 0 Å². The Morgan fingerprint density at radius 3 is 1.55 bits per heavy atom. The fourth-order valence-corrected chi connectivity index (χ4v) is 7.17. The highest BCUT2D eigenvalue weighted by atomic mass is 16.3. The Morgan fingerprint density at radius 1 is 0.294 bits per heavy atom. The summed E-state index contributed by atoms with van der Waals surface area (Å²) in [6.07, 6.45) is 0. The number of furan rings is 1. The molecule has 4 nitrogen and oxygen atoms in total. The molecule has 0 spiro atoms. The van der Waals surface area contributed by atoms with Gasteiger partial charge in [-0.1, -0.05) is 146 Å². The Bertz CT molecular complexity index is 2840. The summed E-state index contributed by atoms with van der Waals surface area (Å²) in [5.41, 5.74) is 9.15. The number of nitrogens with zero attached hydrogens (tertiary/aromatic N) is 3. The Kier molecular flexibility index (Phi) is 6.78. The predicted octanol–water partition coefficient (Wildman–Crippen LogP) is 12.4. The van der Waals surface area contributed by atoms with Crippen LogP contribution in [-0.2, 0) is 0 Å². The van der Waals surface area contributed by atoms with Gasteiger partial charge < -0.3 is 4.42 Å². The van der Waals surface area contributed by atoms with Gasteiger partial charge in [-0.15, -0.1) is 0 Å². The third kappa shape index (κ3) is 5.13. The van der Waals surface area contributed by atoms with Crippen molar-refractivity contribution in [1.82, 2.24) is 15.0 Å². The minimum absolute atomic E-state index is 0.632. The Morgan fingerprint density at radius 2 is 0.843 bits per heavy atom. The maximum Gasteiger partial charge on any atom is 0.164 e. The molecule has 4 heteroatoms. The van der Waals surface area contributed by atoms with E-state index in [-0.39, 0.29) is 0 Å². The van der Waals surface area contributed by atoms with E-state index in [0.29, 0.717) is 17.5 Å². The van der Waals surface area contributed by atoms with Gasteiger partial charge in [0, 0.05) is 27.5 Å². The molecule has 10 rings (SSSR count). The van der Waals surface area contributed by atoms with Gasteiger partial charge in [-0.2, -0.15) is 0 Å². The number of para-hydroxylation sites is 1. The first-order chi connectivity index (χ1) is 25.2. The molecule has 238 valence electrons. The van der Waals surface area contributed by atoms with Crippen LogP contribution in [0.1, 0.15) is 0 Å². The van der Waals surface area contributed by atoms with E-state index in [0.717, 1.165) is 66.3 Å². The van der Waals surface area contributed by atoms with Gasteiger partial charge in [-0.05, 0) is 74.1 Å². The fraction of sp³-hybridized carbons (Fsp3) is 0. The Labute approximate surface area is 294 Å². The molecule has 2 heterocycles. The van der Waals surface area contributed by atoms with Crippen LogP contribution in [0, 0.1) is 0 Å². The number of aromatic nitrogens is 3. The SMILES string of the molecule is c1ccc(-c2nc(-c3ccccc3)nc(-c3ccc(-c4ccc5ccc6cc7oc8ccccc8c7cc6c5c4)c(-c4ccccc4)c3)n2)cc1. The first-order valence-corrected chi connectivity index (χ1v) is 17.1. The summed E-state index contributed by atoms with van der Waals surface area (Å²) in [5.74, 6) is 1.92. The number of hydrogen-bond donors (Lipinski definition) is 0. The molecule has 0 bridgehead atoms. The number of hydrogen-bond acceptors (Lipinski definition) is 4. The minimum atomic E-state index is 0.632. The van der Waals surface area contributed by atoms with Gasteiger partial charge in [0.2, 0.25) is 0 Å². The molecule has 0 saturated heterocycles. The summed E-state index contributed by atoms with van der Waals surface area (Å²) >= 11 is 0. The molecule has 0 atom stereocenters. The summed E-state index contributed by atoms with van der Waals surface area (Å²) in [5, 5.41) is 7.03. The van der Waals surface area contributed by atoms with Gasteiger partial charge in [-0.3, -0.25) is 0 Å². The molecule has 0 amide bonds. The van der Waals surface area contributed by atoms with E-state index in [1.54, 1.807) is 0 Å². The van der Waals surface area contributed by atoms with Gasteiger partial charge in [0.15, 0.2) is 17.5 Å². The zero-order valence-corrected chi connectivity index (χ0v) is 27.5. The molecule has 0 fully saturated rings. The molecule has 0 saturated carbocycles. The number of fused-ring (bicyclic) bond motifs is 6. The van der Waals surface area contributed by atoms with E-state index in [2.05, 4.69) is 103 Å². The summed E-state index contributed by atoms with van der Waals surface area (Å²) < 4.78 is 6.23. The summed E-state index contributed by atoms with van der Waals surface area (Å²) in [6, 6.07) is 61.2. The van der Waals surface area contributed by atoms with Gasteiger partial charge in [0.25, 0.3) is 0 Å². The van der Waals surface area contributed by atoms with Crippen molar-refractivity contribution < 1.29 is 4.42 Å². The lowest BCUT2D eigenvalue weighted by Gasteiger charge is -2.15. The highest BCUT2D eigenvalue weighted by Crippen LogP contribution is 2.40. The molecule has 0 aliphatic heterocycles. The van der Waals surface area contributed by atoms with Crippen molar-refractivity contribution in [2.45, 2.75) is 0 Å². The molecule has 0 N–H and O–H groups in total.